The number of nitrogens with one attached hydrogen (secondary N) is 1. The van der Waals surface area contributed by atoms with Gasteiger partial charge in [-0.3, -0.25) is 4.79 Å². The Morgan fingerprint density at radius 3 is 2.49 bits per heavy atom. The number of phenolic OH excluding ortho intramolecular Hbond substituents is 1. The van der Waals surface area contributed by atoms with Crippen LogP contribution in [0.2, 0.25) is 0 Å². The molecule has 0 saturated heterocycles. The van der Waals surface area contributed by atoms with Crippen molar-refractivity contribution in [2.24, 2.45) is 0 Å². The number of rotatable bonds is 7. The van der Waals surface area contributed by atoms with Gasteiger partial charge in [0.25, 0.3) is 6.47 Å². The van der Waals surface area contributed by atoms with E-state index < -0.39 is 6.10 Å². The van der Waals surface area contributed by atoms with Crippen LogP contribution in [0.1, 0.15) is 29.3 Å². The maximum atomic E-state index is 9.80. The van der Waals surface area contributed by atoms with Gasteiger partial charge in [0.05, 0.1) is 25.4 Å². The lowest BCUT2D eigenvalue weighted by Crippen LogP contribution is -2.36. The number of carboxylic acid groups (broad SMARTS) is 1. The topological polar surface area (TPSA) is 126 Å². The number of benzene rings is 3. The largest absolute Gasteiger partial charge is 0.508 e. The summed E-state index contributed by atoms with van der Waals surface area (Å²) in [6.45, 7) is 0.671. The number of hydrogen-bond acceptors (Lipinski definition) is 6. The normalized spacial score (nSPS) is 15.4. The van der Waals surface area contributed by atoms with Crippen LogP contribution in [0.5, 0.6) is 11.5 Å². The first-order valence-electron chi connectivity index (χ1n) is 11.9. The van der Waals surface area contributed by atoms with E-state index in [1.807, 2.05) is 24.3 Å². The molecule has 9 heteroatoms. The number of aromatic nitrogens is 1. The molecule has 1 aliphatic heterocycles. The van der Waals surface area contributed by atoms with Crippen molar-refractivity contribution >= 4 is 39.0 Å². The Kier molecular flexibility index (Phi) is 8.70. The average molecular weight is 569 g/mol. The summed E-state index contributed by atoms with van der Waals surface area (Å²) in [5.74, 6) is 0.975. The van der Waals surface area contributed by atoms with Crippen molar-refractivity contribution in [1.82, 2.24) is 4.98 Å². The molecule has 2 unspecified atom stereocenters. The molecule has 4 aromatic rings. The number of halogens is 1. The summed E-state index contributed by atoms with van der Waals surface area (Å²) in [6.07, 6.45) is 0.530. The average Bonchev–Trinajstić information content (AvgIpc) is 3.27. The Labute approximate surface area is 222 Å². The number of H-pyrrole nitrogens is 1. The van der Waals surface area contributed by atoms with Gasteiger partial charge in [0.2, 0.25) is 0 Å². The van der Waals surface area contributed by atoms with Gasteiger partial charge in [-0.05, 0) is 72.1 Å². The fourth-order valence-electron chi connectivity index (χ4n) is 4.68. The maximum Gasteiger partial charge on any atom is 0.290 e. The minimum atomic E-state index is -0.763. The van der Waals surface area contributed by atoms with Crippen LogP contribution in [0.4, 0.5) is 5.69 Å². The third kappa shape index (κ3) is 6.07. The number of nitrogens with zero attached hydrogens (tertiary/aromatic N) is 1. The van der Waals surface area contributed by atoms with E-state index in [4.69, 9.17) is 19.7 Å². The molecule has 5 rings (SSSR count). The van der Waals surface area contributed by atoms with E-state index in [0.717, 1.165) is 40.0 Å². The van der Waals surface area contributed by atoms with Crippen LogP contribution in [0.25, 0.3) is 10.9 Å². The molecule has 2 heterocycles. The summed E-state index contributed by atoms with van der Waals surface area (Å²) >= 11 is 3.61. The van der Waals surface area contributed by atoms with E-state index in [1.165, 1.54) is 16.6 Å². The molecule has 0 spiro atoms. The molecular weight excluding hydrogens is 540 g/mol. The molecule has 0 fully saturated rings. The second kappa shape index (κ2) is 12.1. The smallest absolute Gasteiger partial charge is 0.290 e. The van der Waals surface area contributed by atoms with E-state index in [9.17, 15) is 10.2 Å². The minimum absolute atomic E-state index is 0.0234. The van der Waals surface area contributed by atoms with Gasteiger partial charge in [-0.25, -0.2) is 0 Å². The second-order valence-corrected chi connectivity index (χ2v) is 9.63. The number of aliphatic hydroxyl groups excluding tert-OH is 2. The first kappa shape index (κ1) is 26.5. The van der Waals surface area contributed by atoms with Crippen molar-refractivity contribution in [2.75, 3.05) is 24.7 Å². The van der Waals surface area contributed by atoms with Crippen molar-refractivity contribution in [2.45, 2.75) is 25.0 Å². The summed E-state index contributed by atoms with van der Waals surface area (Å²) in [7, 11) is 0. The van der Waals surface area contributed by atoms with Gasteiger partial charge in [0.1, 0.15) is 11.5 Å². The fourth-order valence-corrected chi connectivity index (χ4v) is 5.04. The molecule has 1 aliphatic rings. The SMILES string of the molecule is O=CO.OCC(O)CCOc1ccc(C2c3[nH]c4ccc(Br)cc4c3CCN2c2ccc(O)cc2)cc1. The molecule has 37 heavy (non-hydrogen) atoms. The number of fused-ring (bicyclic) bond motifs is 3. The van der Waals surface area contributed by atoms with Gasteiger partial charge in [0, 0.05) is 39.7 Å². The Morgan fingerprint density at radius 2 is 1.81 bits per heavy atom. The number of phenols is 1. The highest BCUT2D eigenvalue weighted by Gasteiger charge is 2.32. The number of aromatic hydroxyl groups is 1. The first-order chi connectivity index (χ1) is 17.9. The zero-order chi connectivity index (χ0) is 26.4. The Balaban J connectivity index is 0.00000102. The maximum absolute atomic E-state index is 9.80. The second-order valence-electron chi connectivity index (χ2n) is 8.72. The number of carbonyl (C=O) groups is 1. The zero-order valence-corrected chi connectivity index (χ0v) is 21.6. The van der Waals surface area contributed by atoms with E-state index in [1.54, 1.807) is 12.1 Å². The third-order valence-electron chi connectivity index (χ3n) is 6.40. The van der Waals surface area contributed by atoms with Crippen molar-refractivity contribution in [3.8, 4) is 11.5 Å². The summed E-state index contributed by atoms with van der Waals surface area (Å²) in [4.78, 5) is 14.4. The molecule has 5 N–H and O–H groups in total. The minimum Gasteiger partial charge on any atom is -0.508 e. The van der Waals surface area contributed by atoms with Crippen LogP contribution >= 0.6 is 15.9 Å². The molecule has 0 amide bonds. The van der Waals surface area contributed by atoms with Gasteiger partial charge < -0.3 is 35.0 Å². The van der Waals surface area contributed by atoms with Crippen LogP contribution in [-0.2, 0) is 11.2 Å². The van der Waals surface area contributed by atoms with Crippen LogP contribution < -0.4 is 9.64 Å². The predicted octanol–water partition coefficient (Wildman–Crippen LogP) is 4.61. The van der Waals surface area contributed by atoms with Crippen LogP contribution in [-0.4, -0.2) is 57.7 Å². The highest BCUT2D eigenvalue weighted by Crippen LogP contribution is 2.41. The van der Waals surface area contributed by atoms with Gasteiger partial charge in [0.15, 0.2) is 0 Å². The Bertz CT molecular complexity index is 1320. The predicted molar refractivity (Wildman–Crippen MR) is 145 cm³/mol. The summed E-state index contributed by atoms with van der Waals surface area (Å²) in [5.41, 5.74) is 5.80. The third-order valence-corrected chi connectivity index (χ3v) is 6.89. The molecule has 0 bridgehead atoms. The zero-order valence-electron chi connectivity index (χ0n) is 20.0. The molecule has 0 saturated carbocycles. The van der Waals surface area contributed by atoms with Crippen molar-refractivity contribution in [3.05, 3.63) is 88.0 Å². The van der Waals surface area contributed by atoms with Crippen molar-refractivity contribution in [3.63, 3.8) is 0 Å². The van der Waals surface area contributed by atoms with Crippen LogP contribution in [0, 0.1) is 0 Å². The summed E-state index contributed by atoms with van der Waals surface area (Å²) in [5, 5.41) is 36.4. The molecule has 3 aromatic carbocycles. The number of aliphatic hydroxyl groups is 2. The molecule has 0 aliphatic carbocycles. The molecule has 0 radical (unpaired) electrons. The molecule has 8 nitrogen and oxygen atoms in total. The molecule has 194 valence electrons. The monoisotopic (exact) mass is 568 g/mol. The van der Waals surface area contributed by atoms with Gasteiger partial charge >= 0.3 is 0 Å². The van der Waals surface area contributed by atoms with Crippen LogP contribution in [0.15, 0.2) is 71.2 Å². The van der Waals surface area contributed by atoms with Crippen molar-refractivity contribution < 1.29 is 30.0 Å². The lowest BCUT2D eigenvalue weighted by Gasteiger charge is -2.38. The van der Waals surface area contributed by atoms with Gasteiger partial charge in [-0.2, -0.15) is 0 Å². The summed E-state index contributed by atoms with van der Waals surface area (Å²) < 4.78 is 6.81. The molecule has 1 aromatic heterocycles. The number of hydrogen-bond donors (Lipinski definition) is 5. The number of anilines is 1. The lowest BCUT2D eigenvalue weighted by molar-refractivity contribution is -0.122. The van der Waals surface area contributed by atoms with E-state index in [2.05, 4.69) is 56.1 Å². The van der Waals surface area contributed by atoms with Crippen molar-refractivity contribution in [1.29, 1.82) is 0 Å². The summed E-state index contributed by atoms with van der Waals surface area (Å²) in [6, 6.07) is 21.7. The Morgan fingerprint density at radius 1 is 1.11 bits per heavy atom. The standard InChI is InChI=1S/C27H27BrN2O4.CH2O2/c28-18-3-10-25-24(15-18)23-11-13-30(19-4-6-20(32)7-5-19)27(26(23)29-25)17-1-8-22(9-2-17)34-14-12-21(33)16-31;2-1-3/h1-10,15,21,27,29,31-33H,11-14,16H2;1H,(H,2,3). The van der Waals surface area contributed by atoms with Gasteiger partial charge in [-0.15, -0.1) is 0 Å². The highest BCUT2D eigenvalue weighted by molar-refractivity contribution is 9.10. The number of aromatic amines is 1. The highest BCUT2D eigenvalue weighted by atomic mass is 79.9. The number of ether oxygens (including phenoxy) is 1. The Hall–Kier alpha value is -3.53. The van der Waals surface area contributed by atoms with E-state index in [-0.39, 0.29) is 24.9 Å². The van der Waals surface area contributed by atoms with Gasteiger partial charge in [-0.1, -0.05) is 28.1 Å². The fraction of sp³-hybridized carbons (Fsp3) is 0.250. The lowest BCUT2D eigenvalue weighted by atomic mass is 9.91. The van der Waals surface area contributed by atoms with E-state index >= 15 is 0 Å². The van der Waals surface area contributed by atoms with E-state index in [0.29, 0.717) is 13.0 Å². The quantitative estimate of drug-likeness (QED) is 0.206. The van der Waals surface area contributed by atoms with Crippen LogP contribution in [0.3, 0.4) is 0 Å². The first-order valence-corrected chi connectivity index (χ1v) is 12.7. The molecule has 2 atom stereocenters. The molecular formula is C28H29BrN2O6.